The molecule has 0 saturated carbocycles. The fourth-order valence-electron chi connectivity index (χ4n) is 2.99. The maximum Gasteiger partial charge on any atom is 0.313 e. The van der Waals surface area contributed by atoms with Gasteiger partial charge in [0, 0.05) is 31.0 Å². The van der Waals surface area contributed by atoms with Crippen LogP contribution in [0.15, 0.2) is 30.6 Å². The zero-order valence-corrected chi connectivity index (χ0v) is 16.1. The first-order valence-electron chi connectivity index (χ1n) is 9.41. The molecular weight excluding hydrogens is 377 g/mol. The fraction of sp³-hybridized carbons (Fsp3) is 0.400. The summed E-state index contributed by atoms with van der Waals surface area (Å²) < 4.78 is 25.0. The number of esters is 1. The summed E-state index contributed by atoms with van der Waals surface area (Å²) in [5, 5.41) is 7.08. The highest BCUT2D eigenvalue weighted by Gasteiger charge is 2.14. The molecule has 1 saturated heterocycles. The number of ether oxygens (including phenoxy) is 2. The average molecular weight is 401 g/mol. The normalized spacial score (nSPS) is 13.9. The Bertz CT molecular complexity index is 854. The smallest absolute Gasteiger partial charge is 0.313 e. The van der Waals surface area contributed by atoms with Crippen molar-refractivity contribution in [3.8, 4) is 0 Å². The molecule has 0 aliphatic carbocycles. The molecule has 1 aromatic heterocycles. The van der Waals surface area contributed by atoms with Crippen LogP contribution in [0, 0.1) is 11.2 Å². The third-order valence-corrected chi connectivity index (χ3v) is 4.55. The SMILES string of the molecule is N=C(N)CC(=O)OCc1cccc(CCc2cnc(N3CCOCC3)nc2)c1F. The van der Waals surface area contributed by atoms with Crippen LogP contribution in [-0.4, -0.2) is 48.1 Å². The zero-order chi connectivity index (χ0) is 20.6. The molecule has 0 atom stereocenters. The van der Waals surface area contributed by atoms with Gasteiger partial charge in [-0.15, -0.1) is 0 Å². The number of nitrogens with zero attached hydrogens (tertiary/aromatic N) is 3. The number of nitrogens with one attached hydrogen (secondary N) is 1. The summed E-state index contributed by atoms with van der Waals surface area (Å²) in [5.41, 5.74) is 6.89. The van der Waals surface area contributed by atoms with E-state index < -0.39 is 11.8 Å². The number of amidine groups is 1. The number of hydrogen-bond donors (Lipinski definition) is 2. The van der Waals surface area contributed by atoms with Gasteiger partial charge in [-0.05, 0) is 24.0 Å². The number of anilines is 1. The highest BCUT2D eigenvalue weighted by Crippen LogP contribution is 2.17. The Morgan fingerprint density at radius 1 is 1.21 bits per heavy atom. The Balaban J connectivity index is 1.56. The summed E-state index contributed by atoms with van der Waals surface area (Å²) in [4.78, 5) is 22.4. The Morgan fingerprint density at radius 2 is 1.90 bits per heavy atom. The molecule has 3 N–H and O–H groups in total. The van der Waals surface area contributed by atoms with Gasteiger partial charge in [-0.1, -0.05) is 18.2 Å². The first-order chi connectivity index (χ1) is 14.0. The van der Waals surface area contributed by atoms with Crippen molar-refractivity contribution in [2.45, 2.75) is 25.9 Å². The van der Waals surface area contributed by atoms with Crippen LogP contribution in [0.5, 0.6) is 0 Å². The minimum Gasteiger partial charge on any atom is -0.460 e. The predicted molar refractivity (Wildman–Crippen MR) is 105 cm³/mol. The summed E-state index contributed by atoms with van der Waals surface area (Å²) in [6.45, 7) is 2.70. The molecule has 0 amide bonds. The van der Waals surface area contributed by atoms with E-state index in [2.05, 4.69) is 14.9 Å². The lowest BCUT2D eigenvalue weighted by Gasteiger charge is -2.26. The maximum atomic E-state index is 14.7. The van der Waals surface area contributed by atoms with Crippen LogP contribution in [-0.2, 0) is 33.7 Å². The topological polar surface area (TPSA) is 114 Å². The number of carbonyl (C=O) groups excluding carboxylic acids is 1. The average Bonchev–Trinajstić information content (AvgIpc) is 2.73. The van der Waals surface area contributed by atoms with E-state index in [4.69, 9.17) is 20.6 Å². The van der Waals surface area contributed by atoms with Crippen LogP contribution in [0.25, 0.3) is 0 Å². The molecule has 1 fully saturated rings. The second-order valence-corrected chi connectivity index (χ2v) is 6.74. The van der Waals surface area contributed by atoms with Crippen molar-refractivity contribution in [1.82, 2.24) is 9.97 Å². The summed E-state index contributed by atoms with van der Waals surface area (Å²) >= 11 is 0. The number of aromatic nitrogens is 2. The van der Waals surface area contributed by atoms with Crippen molar-refractivity contribution < 1.29 is 18.7 Å². The van der Waals surface area contributed by atoms with Gasteiger partial charge in [0.15, 0.2) is 0 Å². The molecule has 1 aromatic carbocycles. The lowest BCUT2D eigenvalue weighted by molar-refractivity contribution is -0.143. The molecular formula is C20H24FN5O3. The van der Waals surface area contributed by atoms with Gasteiger partial charge in [0.25, 0.3) is 0 Å². The second kappa shape index (κ2) is 9.92. The predicted octanol–water partition coefficient (Wildman–Crippen LogP) is 1.61. The number of hydrogen-bond acceptors (Lipinski definition) is 7. The molecule has 8 nitrogen and oxygen atoms in total. The number of halogens is 1. The van der Waals surface area contributed by atoms with Gasteiger partial charge in [0.2, 0.25) is 5.95 Å². The standard InChI is InChI=1S/C20H24FN5O3/c21-19-15(2-1-3-16(19)13-29-18(27)10-17(22)23)5-4-14-11-24-20(25-12-14)26-6-8-28-9-7-26/h1-3,11-12H,4-10,13H2,(H3,22,23). The Labute approximate surface area is 168 Å². The fourth-order valence-corrected chi connectivity index (χ4v) is 2.99. The van der Waals surface area contributed by atoms with Crippen LogP contribution in [0.2, 0.25) is 0 Å². The molecule has 1 aliphatic rings. The number of benzene rings is 1. The van der Waals surface area contributed by atoms with Crippen LogP contribution in [0.1, 0.15) is 23.1 Å². The van der Waals surface area contributed by atoms with Gasteiger partial charge in [0.1, 0.15) is 24.7 Å². The number of aryl methyl sites for hydroxylation is 2. The molecule has 9 heteroatoms. The Morgan fingerprint density at radius 3 is 2.59 bits per heavy atom. The largest absolute Gasteiger partial charge is 0.460 e. The minimum atomic E-state index is -0.653. The van der Waals surface area contributed by atoms with E-state index in [1.807, 2.05) is 0 Å². The van der Waals surface area contributed by atoms with E-state index in [9.17, 15) is 9.18 Å². The van der Waals surface area contributed by atoms with Crippen LogP contribution in [0.3, 0.4) is 0 Å². The molecule has 1 aliphatic heterocycles. The van der Waals surface area contributed by atoms with Gasteiger partial charge >= 0.3 is 5.97 Å². The number of rotatable bonds is 8. The monoisotopic (exact) mass is 401 g/mol. The highest BCUT2D eigenvalue weighted by atomic mass is 19.1. The summed E-state index contributed by atoms with van der Waals surface area (Å²) in [5.74, 6) is -0.655. The van der Waals surface area contributed by atoms with E-state index in [1.54, 1.807) is 30.6 Å². The number of morpholine rings is 1. The lowest BCUT2D eigenvalue weighted by atomic mass is 10.0. The van der Waals surface area contributed by atoms with E-state index in [0.717, 1.165) is 18.7 Å². The minimum absolute atomic E-state index is 0.191. The van der Waals surface area contributed by atoms with E-state index in [-0.39, 0.29) is 18.9 Å². The first-order valence-corrected chi connectivity index (χ1v) is 9.41. The van der Waals surface area contributed by atoms with Gasteiger partial charge in [-0.25, -0.2) is 14.4 Å². The van der Waals surface area contributed by atoms with Crippen molar-refractivity contribution >= 4 is 17.8 Å². The molecule has 0 radical (unpaired) electrons. The third kappa shape index (κ3) is 5.95. The molecule has 2 heterocycles. The Hall–Kier alpha value is -3.07. The number of carbonyl (C=O) groups is 1. The van der Waals surface area contributed by atoms with Crippen LogP contribution < -0.4 is 10.6 Å². The molecule has 0 spiro atoms. The maximum absolute atomic E-state index is 14.7. The highest BCUT2D eigenvalue weighted by molar-refractivity contribution is 5.94. The van der Waals surface area contributed by atoms with Crippen molar-refractivity contribution in [3.05, 3.63) is 53.1 Å². The van der Waals surface area contributed by atoms with E-state index >= 15 is 0 Å². The van der Waals surface area contributed by atoms with Crippen molar-refractivity contribution in [1.29, 1.82) is 5.41 Å². The summed E-state index contributed by atoms with van der Waals surface area (Å²) in [7, 11) is 0. The van der Waals surface area contributed by atoms with Gasteiger partial charge in [-0.3, -0.25) is 10.2 Å². The van der Waals surface area contributed by atoms with Crippen LogP contribution in [0.4, 0.5) is 10.3 Å². The summed E-state index contributed by atoms with van der Waals surface area (Å²) in [6, 6.07) is 5.00. The second-order valence-electron chi connectivity index (χ2n) is 6.74. The molecule has 3 rings (SSSR count). The lowest BCUT2D eigenvalue weighted by Crippen LogP contribution is -2.37. The van der Waals surface area contributed by atoms with Crippen LogP contribution >= 0.6 is 0 Å². The quantitative estimate of drug-likeness (QED) is 0.392. The molecule has 0 unspecified atom stereocenters. The van der Waals surface area contributed by atoms with Gasteiger partial charge < -0.3 is 20.1 Å². The van der Waals surface area contributed by atoms with Crippen molar-refractivity contribution in [3.63, 3.8) is 0 Å². The van der Waals surface area contributed by atoms with E-state index in [1.165, 1.54) is 0 Å². The first kappa shape index (κ1) is 20.7. The van der Waals surface area contributed by atoms with E-state index in [0.29, 0.717) is 43.1 Å². The zero-order valence-electron chi connectivity index (χ0n) is 16.1. The third-order valence-electron chi connectivity index (χ3n) is 4.55. The molecule has 29 heavy (non-hydrogen) atoms. The number of nitrogens with two attached hydrogens (primary N) is 1. The van der Waals surface area contributed by atoms with Crippen molar-refractivity contribution in [2.24, 2.45) is 5.73 Å². The van der Waals surface area contributed by atoms with Gasteiger partial charge in [-0.2, -0.15) is 0 Å². The van der Waals surface area contributed by atoms with Gasteiger partial charge in [0.05, 0.1) is 13.2 Å². The Kier molecular flexibility index (Phi) is 7.07. The molecule has 0 bridgehead atoms. The summed E-state index contributed by atoms with van der Waals surface area (Å²) in [6.07, 6.45) is 4.29. The molecule has 154 valence electrons. The molecule has 2 aromatic rings. The van der Waals surface area contributed by atoms with Crippen molar-refractivity contribution in [2.75, 3.05) is 31.2 Å².